The molecular formula is C16H21NO. The molecule has 0 saturated heterocycles. The lowest BCUT2D eigenvalue weighted by Gasteiger charge is -2.16. The molecule has 0 aliphatic heterocycles. The van der Waals surface area contributed by atoms with E-state index in [2.05, 4.69) is 37.5 Å². The molecule has 1 unspecified atom stereocenters. The predicted octanol–water partition coefficient (Wildman–Crippen LogP) is 4.06. The zero-order chi connectivity index (χ0) is 12.5. The molecule has 2 heteroatoms. The Morgan fingerprint density at radius 1 is 1.33 bits per heavy atom. The number of para-hydroxylation sites is 1. The van der Waals surface area contributed by atoms with Gasteiger partial charge in [0.05, 0.1) is 0 Å². The maximum atomic E-state index is 5.99. The van der Waals surface area contributed by atoms with E-state index in [1.54, 1.807) is 0 Å². The molecule has 0 bridgehead atoms. The summed E-state index contributed by atoms with van der Waals surface area (Å²) in [6.07, 6.45) is 5.00. The van der Waals surface area contributed by atoms with E-state index in [9.17, 15) is 0 Å². The molecule has 0 spiro atoms. The van der Waals surface area contributed by atoms with Crippen molar-refractivity contribution in [3.8, 4) is 0 Å². The minimum Gasteiger partial charge on any atom is -0.461 e. The number of rotatable bonds is 5. The Morgan fingerprint density at radius 2 is 2.11 bits per heavy atom. The molecule has 1 aliphatic rings. The summed E-state index contributed by atoms with van der Waals surface area (Å²) < 4.78 is 5.99. The molecule has 2 aromatic rings. The van der Waals surface area contributed by atoms with Crippen LogP contribution in [0.3, 0.4) is 0 Å². The number of hydrogen-bond acceptors (Lipinski definition) is 2. The summed E-state index contributed by atoms with van der Waals surface area (Å²) in [7, 11) is 2.06. The minimum atomic E-state index is 0.441. The molecule has 0 radical (unpaired) electrons. The summed E-state index contributed by atoms with van der Waals surface area (Å²) in [5.74, 6) is 2.07. The van der Waals surface area contributed by atoms with Crippen LogP contribution in [-0.4, -0.2) is 7.05 Å². The van der Waals surface area contributed by atoms with Gasteiger partial charge in [-0.3, -0.25) is 0 Å². The summed E-state index contributed by atoms with van der Waals surface area (Å²) in [5.41, 5.74) is 2.42. The summed E-state index contributed by atoms with van der Waals surface area (Å²) >= 11 is 0. The summed E-state index contributed by atoms with van der Waals surface area (Å²) in [6.45, 7) is 2.17. The first-order valence-electron chi connectivity index (χ1n) is 7.01. The van der Waals surface area contributed by atoms with Crippen LogP contribution in [0.5, 0.6) is 0 Å². The molecule has 18 heavy (non-hydrogen) atoms. The van der Waals surface area contributed by atoms with Crippen molar-refractivity contribution in [3.05, 3.63) is 35.6 Å². The Balaban J connectivity index is 2.05. The number of nitrogens with one attached hydrogen (secondary N) is 1. The monoisotopic (exact) mass is 243 g/mol. The lowest BCUT2D eigenvalue weighted by Crippen LogP contribution is -2.17. The van der Waals surface area contributed by atoms with Crippen LogP contribution in [0.4, 0.5) is 0 Å². The molecular weight excluding hydrogens is 222 g/mol. The van der Waals surface area contributed by atoms with E-state index in [-0.39, 0.29) is 0 Å². The topological polar surface area (TPSA) is 25.2 Å². The van der Waals surface area contributed by atoms with Crippen molar-refractivity contribution in [1.29, 1.82) is 0 Å². The molecule has 1 heterocycles. The van der Waals surface area contributed by atoms with E-state index in [0.29, 0.717) is 6.04 Å². The highest BCUT2D eigenvalue weighted by Gasteiger charge is 2.28. The van der Waals surface area contributed by atoms with E-state index in [4.69, 9.17) is 4.42 Å². The van der Waals surface area contributed by atoms with Gasteiger partial charge >= 0.3 is 0 Å². The highest BCUT2D eigenvalue weighted by atomic mass is 16.3. The molecule has 2 nitrogen and oxygen atoms in total. The zero-order valence-corrected chi connectivity index (χ0v) is 11.2. The fourth-order valence-corrected chi connectivity index (χ4v) is 2.83. The number of hydrogen-bond donors (Lipinski definition) is 1. The summed E-state index contributed by atoms with van der Waals surface area (Å²) in [4.78, 5) is 0. The Bertz CT molecular complexity index is 539. The molecule has 1 fully saturated rings. The fraction of sp³-hybridized carbons (Fsp3) is 0.500. The maximum Gasteiger partial charge on any atom is 0.134 e. The Hall–Kier alpha value is -1.28. The molecule has 1 saturated carbocycles. The molecule has 96 valence electrons. The first kappa shape index (κ1) is 11.8. The van der Waals surface area contributed by atoms with E-state index >= 15 is 0 Å². The fourth-order valence-electron chi connectivity index (χ4n) is 2.83. The summed E-state index contributed by atoms with van der Waals surface area (Å²) in [6, 6.07) is 8.84. The van der Waals surface area contributed by atoms with Gasteiger partial charge in [-0.05, 0) is 25.5 Å². The van der Waals surface area contributed by atoms with E-state index < -0.39 is 0 Å². The van der Waals surface area contributed by atoms with Crippen LogP contribution in [0.2, 0.25) is 0 Å². The van der Waals surface area contributed by atoms with Crippen molar-refractivity contribution in [1.82, 2.24) is 5.32 Å². The number of aryl methyl sites for hydroxylation is 1. The Kier molecular flexibility index (Phi) is 3.13. The van der Waals surface area contributed by atoms with Crippen LogP contribution in [-0.2, 0) is 6.42 Å². The molecule has 1 N–H and O–H groups in total. The average molecular weight is 243 g/mol. The van der Waals surface area contributed by atoms with Gasteiger partial charge in [0.25, 0.3) is 0 Å². The number of benzene rings is 1. The normalized spacial score (nSPS) is 17.2. The lowest BCUT2D eigenvalue weighted by molar-refractivity contribution is 0.487. The minimum absolute atomic E-state index is 0.441. The molecule has 1 atom stereocenters. The first-order valence-corrected chi connectivity index (χ1v) is 7.01. The smallest absolute Gasteiger partial charge is 0.134 e. The summed E-state index contributed by atoms with van der Waals surface area (Å²) in [5, 5.41) is 4.77. The van der Waals surface area contributed by atoms with Crippen LogP contribution in [0.25, 0.3) is 11.0 Å². The first-order chi connectivity index (χ1) is 8.83. The molecule has 1 aliphatic carbocycles. The molecule has 0 amide bonds. The van der Waals surface area contributed by atoms with Crippen LogP contribution in [0.15, 0.2) is 28.7 Å². The van der Waals surface area contributed by atoms with Gasteiger partial charge in [-0.25, -0.2) is 0 Å². The third kappa shape index (κ3) is 2.05. The maximum absolute atomic E-state index is 5.99. The highest BCUT2D eigenvalue weighted by Crippen LogP contribution is 2.40. The Morgan fingerprint density at radius 3 is 2.78 bits per heavy atom. The number of fused-ring (bicyclic) bond motifs is 1. The highest BCUT2D eigenvalue weighted by molar-refractivity contribution is 5.82. The average Bonchev–Trinajstić information content (AvgIpc) is 3.15. The van der Waals surface area contributed by atoms with Crippen molar-refractivity contribution < 1.29 is 4.42 Å². The number of furan rings is 1. The van der Waals surface area contributed by atoms with Crippen LogP contribution < -0.4 is 5.32 Å². The van der Waals surface area contributed by atoms with Gasteiger partial charge in [-0.2, -0.15) is 0 Å². The van der Waals surface area contributed by atoms with Crippen molar-refractivity contribution in [2.45, 2.75) is 38.6 Å². The molecule has 1 aromatic carbocycles. The van der Waals surface area contributed by atoms with Crippen molar-refractivity contribution in [3.63, 3.8) is 0 Å². The van der Waals surface area contributed by atoms with E-state index in [1.807, 2.05) is 6.07 Å². The second kappa shape index (κ2) is 4.77. The largest absolute Gasteiger partial charge is 0.461 e. The van der Waals surface area contributed by atoms with Crippen molar-refractivity contribution >= 4 is 11.0 Å². The predicted molar refractivity (Wildman–Crippen MR) is 74.7 cm³/mol. The van der Waals surface area contributed by atoms with Crippen LogP contribution >= 0.6 is 0 Å². The van der Waals surface area contributed by atoms with Gasteiger partial charge in [0.2, 0.25) is 0 Å². The second-order valence-electron chi connectivity index (χ2n) is 5.31. The van der Waals surface area contributed by atoms with Gasteiger partial charge < -0.3 is 9.73 Å². The van der Waals surface area contributed by atoms with Gasteiger partial charge in [0.15, 0.2) is 0 Å². The third-order valence-corrected chi connectivity index (χ3v) is 3.99. The molecule has 3 rings (SSSR count). The SMILES string of the molecule is CCc1oc2ccccc2c1C(CC1CC1)NC. The quantitative estimate of drug-likeness (QED) is 0.856. The van der Waals surface area contributed by atoms with Crippen molar-refractivity contribution in [2.75, 3.05) is 7.05 Å². The second-order valence-corrected chi connectivity index (χ2v) is 5.31. The van der Waals surface area contributed by atoms with Crippen molar-refractivity contribution in [2.24, 2.45) is 5.92 Å². The van der Waals surface area contributed by atoms with Crippen LogP contribution in [0.1, 0.15) is 43.6 Å². The van der Waals surface area contributed by atoms with Gasteiger partial charge in [-0.1, -0.05) is 38.0 Å². The van der Waals surface area contributed by atoms with E-state index in [1.165, 1.54) is 30.2 Å². The third-order valence-electron chi connectivity index (χ3n) is 3.99. The standard InChI is InChI=1S/C16H21NO/c1-3-14-16(13(17-2)10-11-8-9-11)12-6-4-5-7-15(12)18-14/h4-7,11,13,17H,3,8-10H2,1-2H3. The zero-order valence-electron chi connectivity index (χ0n) is 11.2. The van der Waals surface area contributed by atoms with Gasteiger partial charge in [0.1, 0.15) is 11.3 Å². The Labute approximate surface area is 108 Å². The van der Waals surface area contributed by atoms with Crippen LogP contribution in [0, 0.1) is 5.92 Å². The van der Waals surface area contributed by atoms with E-state index in [0.717, 1.165) is 23.7 Å². The lowest BCUT2D eigenvalue weighted by atomic mass is 9.97. The molecule has 1 aromatic heterocycles. The van der Waals surface area contributed by atoms with Gasteiger partial charge in [0, 0.05) is 23.4 Å². The van der Waals surface area contributed by atoms with Gasteiger partial charge in [-0.15, -0.1) is 0 Å².